The highest BCUT2D eigenvalue weighted by Gasteiger charge is 2.22. The van der Waals surface area contributed by atoms with Crippen LogP contribution in [-0.2, 0) is 0 Å². The Balaban J connectivity index is 1.74. The van der Waals surface area contributed by atoms with Crippen molar-refractivity contribution in [3.8, 4) is 0 Å². The lowest BCUT2D eigenvalue weighted by atomic mass is 9.90. The van der Waals surface area contributed by atoms with E-state index in [2.05, 4.69) is 47.5 Å². The van der Waals surface area contributed by atoms with E-state index in [1.807, 2.05) is 0 Å². The van der Waals surface area contributed by atoms with Gasteiger partial charge in [-0.1, -0.05) is 11.6 Å². The van der Waals surface area contributed by atoms with Crippen LogP contribution < -0.4 is 0 Å². The van der Waals surface area contributed by atoms with Gasteiger partial charge in [-0.2, -0.15) is 0 Å². The Kier molecular flexibility index (Phi) is 6.22. The van der Waals surface area contributed by atoms with Gasteiger partial charge in [0, 0.05) is 19.6 Å². The second-order valence-corrected chi connectivity index (χ2v) is 8.32. The fourth-order valence-electron chi connectivity index (χ4n) is 3.16. The van der Waals surface area contributed by atoms with Crippen LogP contribution in [0.25, 0.3) is 0 Å². The van der Waals surface area contributed by atoms with E-state index < -0.39 is 0 Å². The molecule has 0 amide bonds. The molecular weight excluding hydrogens is 265 g/mol. The number of allylic oxidation sites excluding steroid dienone is 1. The van der Waals surface area contributed by atoms with Crippen molar-refractivity contribution in [2.75, 3.05) is 59.5 Å². The molecule has 0 aliphatic carbocycles. The van der Waals surface area contributed by atoms with Gasteiger partial charge in [-0.05, 0) is 45.8 Å². The molecule has 0 N–H and O–H groups in total. The number of rotatable bonds is 4. The van der Waals surface area contributed by atoms with Crippen LogP contribution >= 0.6 is 7.70 Å². The van der Waals surface area contributed by atoms with E-state index in [9.17, 15) is 0 Å². The molecule has 1 unspecified atom stereocenters. The number of hydrogen-bond acceptors (Lipinski definition) is 3. The van der Waals surface area contributed by atoms with Crippen LogP contribution in [0.2, 0.25) is 0 Å². The molecule has 20 heavy (non-hydrogen) atoms. The Labute approximate surface area is 126 Å². The van der Waals surface area contributed by atoms with E-state index in [1.54, 1.807) is 5.57 Å². The molecule has 1 atom stereocenters. The summed E-state index contributed by atoms with van der Waals surface area (Å²) in [6.45, 7) is 13.1. The minimum Gasteiger partial charge on any atom is -0.306 e. The first-order valence-electron chi connectivity index (χ1n) is 7.93. The van der Waals surface area contributed by atoms with Crippen LogP contribution in [0.3, 0.4) is 0 Å². The van der Waals surface area contributed by atoms with Crippen molar-refractivity contribution < 1.29 is 0 Å². The summed E-state index contributed by atoms with van der Waals surface area (Å²) in [6, 6.07) is 0. The molecule has 114 valence electrons. The Morgan fingerprint density at radius 1 is 1.15 bits per heavy atom. The average molecular weight is 296 g/mol. The van der Waals surface area contributed by atoms with Crippen molar-refractivity contribution in [2.45, 2.75) is 19.8 Å². The van der Waals surface area contributed by atoms with E-state index in [-0.39, 0.29) is 7.70 Å². The molecule has 0 saturated carbocycles. The first-order chi connectivity index (χ1) is 9.56. The van der Waals surface area contributed by atoms with Gasteiger partial charge in [-0.3, -0.25) is 4.90 Å². The number of likely N-dealkylation sites (tertiary alicyclic amines) is 1. The zero-order valence-corrected chi connectivity index (χ0v) is 14.4. The van der Waals surface area contributed by atoms with Crippen LogP contribution in [0.15, 0.2) is 11.6 Å². The molecule has 4 heteroatoms. The van der Waals surface area contributed by atoms with Crippen molar-refractivity contribution in [2.24, 2.45) is 5.92 Å². The third kappa shape index (κ3) is 4.66. The summed E-state index contributed by atoms with van der Waals surface area (Å²) in [5.41, 5.74) is 1.62. The molecule has 0 aromatic carbocycles. The lowest BCUT2D eigenvalue weighted by Gasteiger charge is -2.31. The Morgan fingerprint density at radius 3 is 2.30 bits per heavy atom. The summed E-state index contributed by atoms with van der Waals surface area (Å²) in [4.78, 5) is 5.04. The predicted molar refractivity (Wildman–Crippen MR) is 92.0 cm³/mol. The second-order valence-electron chi connectivity index (χ2n) is 6.44. The van der Waals surface area contributed by atoms with Crippen LogP contribution in [0.1, 0.15) is 19.8 Å². The minimum atomic E-state index is -0.137. The quantitative estimate of drug-likeness (QED) is 0.582. The molecule has 0 aromatic rings. The van der Waals surface area contributed by atoms with Gasteiger partial charge < -0.3 is 4.90 Å². The van der Waals surface area contributed by atoms with Gasteiger partial charge in [0.2, 0.25) is 0 Å². The highest BCUT2D eigenvalue weighted by molar-refractivity contribution is 7.52. The molecule has 0 aromatic heterocycles. The molecule has 2 fully saturated rings. The van der Waals surface area contributed by atoms with Gasteiger partial charge in [0.1, 0.15) is 6.66 Å². The van der Waals surface area contributed by atoms with E-state index in [0.717, 1.165) is 12.5 Å². The fraction of sp³-hybridized carbons (Fsp3) is 0.812. The fourth-order valence-corrected chi connectivity index (χ4v) is 4.03. The summed E-state index contributed by atoms with van der Waals surface area (Å²) in [5.74, 6) is 0.829. The van der Waals surface area contributed by atoms with Crippen molar-refractivity contribution in [1.29, 1.82) is 0 Å². The van der Waals surface area contributed by atoms with Gasteiger partial charge in [-0.25, -0.2) is 0 Å². The molecule has 0 bridgehead atoms. The summed E-state index contributed by atoms with van der Waals surface area (Å²) >= 11 is 0. The highest BCUT2D eigenvalue weighted by Crippen LogP contribution is 2.24. The number of piperidine rings is 1. The van der Waals surface area contributed by atoms with Gasteiger partial charge in [0.05, 0.1) is 19.4 Å². The number of nitrogens with zero attached hydrogens (tertiary/aromatic N) is 3. The monoisotopic (exact) mass is 296 g/mol. The lowest BCUT2D eigenvalue weighted by molar-refractivity contribution is 0.209. The number of piperazine rings is 1. The maximum absolute atomic E-state index is 4.18. The molecule has 2 aliphatic heterocycles. The van der Waals surface area contributed by atoms with Crippen LogP contribution in [-0.4, -0.2) is 80.3 Å². The molecule has 2 rings (SSSR count). The molecule has 3 nitrogen and oxygen atoms in total. The third-order valence-electron chi connectivity index (χ3n) is 4.87. The van der Waals surface area contributed by atoms with Gasteiger partial charge in [0.15, 0.2) is 7.70 Å². The van der Waals surface area contributed by atoms with Crippen molar-refractivity contribution >= 4 is 14.0 Å². The molecule has 2 aliphatic rings. The average Bonchev–Trinajstić information content (AvgIpc) is 2.46. The highest BCUT2D eigenvalue weighted by atomic mass is 31.1. The second kappa shape index (κ2) is 7.70. The normalized spacial score (nSPS) is 25.9. The topological polar surface area (TPSA) is 9.72 Å². The standard InChI is InChI=1S/C16H31N3P/c1-15(16-6-8-17(2)9-7-16)5-10-18-11-13-19(14-12-18)20(3)4/h5,16H,3,6-14H2,1-2,4H3/q+1. The lowest BCUT2D eigenvalue weighted by Crippen LogP contribution is -2.43. The van der Waals surface area contributed by atoms with Crippen LogP contribution in [0.4, 0.5) is 0 Å². The van der Waals surface area contributed by atoms with Crippen molar-refractivity contribution in [3.63, 3.8) is 0 Å². The van der Waals surface area contributed by atoms with Crippen LogP contribution in [0, 0.1) is 5.92 Å². The Morgan fingerprint density at radius 2 is 1.75 bits per heavy atom. The Hall–Kier alpha value is -0.210. The maximum Gasteiger partial charge on any atom is 0.174 e. The van der Waals surface area contributed by atoms with E-state index in [1.165, 1.54) is 52.1 Å². The zero-order valence-electron chi connectivity index (χ0n) is 13.5. The molecule has 0 spiro atoms. The zero-order chi connectivity index (χ0) is 14.5. The van der Waals surface area contributed by atoms with Crippen molar-refractivity contribution in [3.05, 3.63) is 11.6 Å². The van der Waals surface area contributed by atoms with Crippen molar-refractivity contribution in [1.82, 2.24) is 14.5 Å². The minimum absolute atomic E-state index is 0.137. The summed E-state index contributed by atoms with van der Waals surface area (Å²) in [6.07, 6.45) is 9.36. The first kappa shape index (κ1) is 16.2. The molecule has 0 radical (unpaired) electrons. The maximum atomic E-state index is 4.18. The summed E-state index contributed by atoms with van der Waals surface area (Å²) < 4.78 is 2.54. The summed E-state index contributed by atoms with van der Waals surface area (Å²) in [7, 11) is 2.10. The SMILES string of the molecule is C=[P+](C)N1CCN(CC=C(C)C2CCN(C)CC2)CC1. The predicted octanol–water partition coefficient (Wildman–Crippen LogP) is 2.35. The van der Waals surface area contributed by atoms with E-state index in [4.69, 9.17) is 0 Å². The first-order valence-corrected chi connectivity index (χ1v) is 9.85. The summed E-state index contributed by atoms with van der Waals surface area (Å²) in [5, 5.41) is 0. The van der Waals surface area contributed by atoms with Gasteiger partial charge >= 0.3 is 0 Å². The molecule has 2 saturated heterocycles. The Bertz CT molecular complexity index is 351. The van der Waals surface area contributed by atoms with E-state index >= 15 is 0 Å². The van der Waals surface area contributed by atoms with Gasteiger partial charge in [-0.15, -0.1) is 4.67 Å². The molecular formula is C16H31N3P+. The number of hydrogen-bond donors (Lipinski definition) is 0. The molecule has 2 heterocycles. The van der Waals surface area contributed by atoms with Crippen LogP contribution in [0.5, 0.6) is 0 Å². The smallest absolute Gasteiger partial charge is 0.174 e. The third-order valence-corrected chi connectivity index (χ3v) is 6.23. The van der Waals surface area contributed by atoms with E-state index in [0.29, 0.717) is 0 Å². The van der Waals surface area contributed by atoms with Gasteiger partial charge in [0.25, 0.3) is 0 Å². The largest absolute Gasteiger partial charge is 0.306 e.